The summed E-state index contributed by atoms with van der Waals surface area (Å²) in [6.45, 7) is 0. The molecule has 0 saturated heterocycles. The number of aromatic nitrogens is 5. The summed E-state index contributed by atoms with van der Waals surface area (Å²) in [5.41, 5.74) is 7.54. The summed E-state index contributed by atoms with van der Waals surface area (Å²) in [4.78, 5) is 20.6. The minimum absolute atomic E-state index is 0.551. The van der Waals surface area contributed by atoms with E-state index in [1.165, 1.54) is 20.7 Å². The summed E-state index contributed by atoms with van der Waals surface area (Å²) in [5.74, 6) is 1.72. The second-order valence-corrected chi connectivity index (χ2v) is 19.6. The van der Waals surface area contributed by atoms with Crippen molar-refractivity contribution in [3.8, 4) is 39.9 Å². The molecular formula is C56H37N5OSi. The number of hydrogen-bond donors (Lipinski definition) is 0. The highest BCUT2D eigenvalue weighted by molar-refractivity contribution is 7.19. The molecule has 12 rings (SSSR count). The van der Waals surface area contributed by atoms with Gasteiger partial charge in [-0.1, -0.05) is 182 Å². The number of nitrogens with zero attached hydrogens (tertiary/aromatic N) is 5. The molecule has 0 aliphatic rings. The average Bonchev–Trinajstić information content (AvgIpc) is 3.92. The quantitative estimate of drug-likeness (QED) is 0.113. The van der Waals surface area contributed by atoms with Crippen molar-refractivity contribution in [2.24, 2.45) is 0 Å². The van der Waals surface area contributed by atoms with Gasteiger partial charge in [0.1, 0.15) is 11.2 Å². The number of furan rings is 1. The van der Waals surface area contributed by atoms with E-state index in [1.807, 2.05) is 24.4 Å². The molecule has 0 spiro atoms. The maximum atomic E-state index is 6.27. The van der Waals surface area contributed by atoms with Crippen LogP contribution in [0.25, 0.3) is 83.6 Å². The zero-order valence-corrected chi connectivity index (χ0v) is 35.0. The molecule has 63 heavy (non-hydrogen) atoms. The van der Waals surface area contributed by atoms with Gasteiger partial charge < -0.3 is 4.42 Å². The molecule has 0 aliphatic carbocycles. The highest BCUT2D eigenvalue weighted by atomic mass is 28.3. The van der Waals surface area contributed by atoms with E-state index < -0.39 is 8.07 Å². The lowest BCUT2D eigenvalue weighted by atomic mass is 9.98. The van der Waals surface area contributed by atoms with Crippen molar-refractivity contribution < 1.29 is 4.42 Å². The Morgan fingerprint density at radius 1 is 0.397 bits per heavy atom. The standard InChI is InChI=1S/C56H37N5OSi/c1-4-20-41(21-5-1)63(42-22-6-2-7-23-42,43-24-8-3-9-25-43)44-26-15-19-40(36-44)55-58-54(59-56(60-55)61-49-30-12-10-27-46(49)47-28-11-13-31-50(47)61)39-18-14-17-38(35-39)45-29-16-32-52-53(45)48-37-57-34-33-51(48)62-52/h1-37H. The molecule has 4 aromatic heterocycles. The number of para-hydroxylation sites is 2. The van der Waals surface area contributed by atoms with Crippen molar-refractivity contribution in [2.75, 3.05) is 0 Å². The lowest BCUT2D eigenvalue weighted by molar-refractivity contribution is 0.668. The highest BCUT2D eigenvalue weighted by Gasteiger charge is 2.41. The molecule has 7 heteroatoms. The topological polar surface area (TPSA) is 69.6 Å². The van der Waals surface area contributed by atoms with E-state index in [0.717, 1.165) is 66.0 Å². The van der Waals surface area contributed by atoms with Crippen molar-refractivity contribution in [2.45, 2.75) is 0 Å². The minimum Gasteiger partial charge on any atom is -0.456 e. The van der Waals surface area contributed by atoms with Gasteiger partial charge in [0, 0.05) is 45.1 Å². The first-order chi connectivity index (χ1) is 31.2. The maximum Gasteiger partial charge on any atom is 0.238 e. The SMILES string of the molecule is c1ccc([Si](c2ccccc2)(c2ccccc2)c2cccc(-c3nc(-c4cccc(-c5cccc6oc7ccncc7c56)c4)nc(-n4c5ccccc5c5ccccc54)n3)c2)cc1. The largest absolute Gasteiger partial charge is 0.456 e. The fraction of sp³-hybridized carbons (Fsp3) is 0. The third-order valence-electron chi connectivity index (χ3n) is 12.3. The van der Waals surface area contributed by atoms with Crippen LogP contribution >= 0.6 is 0 Å². The van der Waals surface area contributed by atoms with Gasteiger partial charge in [-0.05, 0) is 62.2 Å². The van der Waals surface area contributed by atoms with Gasteiger partial charge in [-0.2, -0.15) is 9.97 Å². The minimum atomic E-state index is -2.85. The Labute approximate surface area is 364 Å². The molecule has 0 N–H and O–H groups in total. The molecule has 0 atom stereocenters. The van der Waals surface area contributed by atoms with Crippen LogP contribution in [-0.2, 0) is 0 Å². The van der Waals surface area contributed by atoms with E-state index in [1.54, 1.807) is 6.20 Å². The van der Waals surface area contributed by atoms with Crippen molar-refractivity contribution in [3.05, 3.63) is 225 Å². The van der Waals surface area contributed by atoms with Crippen LogP contribution in [0.2, 0.25) is 0 Å². The molecular weight excluding hydrogens is 787 g/mol. The van der Waals surface area contributed by atoms with Gasteiger partial charge in [-0.15, -0.1) is 0 Å². The number of fused-ring (bicyclic) bond motifs is 6. The first-order valence-electron chi connectivity index (χ1n) is 21.1. The Kier molecular flexibility index (Phi) is 8.72. The van der Waals surface area contributed by atoms with Gasteiger partial charge in [0.25, 0.3) is 0 Å². The van der Waals surface area contributed by atoms with Crippen molar-refractivity contribution in [3.63, 3.8) is 0 Å². The summed E-state index contributed by atoms with van der Waals surface area (Å²) in [5, 5.41) is 9.42. The van der Waals surface area contributed by atoms with Crippen molar-refractivity contribution in [1.82, 2.24) is 24.5 Å². The van der Waals surface area contributed by atoms with Crippen LogP contribution in [0.4, 0.5) is 0 Å². The van der Waals surface area contributed by atoms with Gasteiger partial charge in [0.05, 0.1) is 11.0 Å². The number of pyridine rings is 1. The van der Waals surface area contributed by atoms with Crippen LogP contribution < -0.4 is 20.7 Å². The summed E-state index contributed by atoms with van der Waals surface area (Å²) < 4.78 is 8.44. The number of benzene rings is 8. The Hall–Kier alpha value is -8.26. The molecule has 12 aromatic rings. The third-order valence-corrected chi connectivity index (χ3v) is 17.1. The smallest absolute Gasteiger partial charge is 0.238 e. The zero-order chi connectivity index (χ0) is 41.7. The van der Waals surface area contributed by atoms with Crippen LogP contribution in [0.3, 0.4) is 0 Å². The average molecular weight is 824 g/mol. The Bertz CT molecular complexity index is 3490. The predicted molar refractivity (Wildman–Crippen MR) is 259 cm³/mol. The normalized spacial score (nSPS) is 11.8. The first-order valence-corrected chi connectivity index (χ1v) is 23.1. The monoisotopic (exact) mass is 823 g/mol. The van der Waals surface area contributed by atoms with Gasteiger partial charge in [-0.25, -0.2) is 4.98 Å². The fourth-order valence-corrected chi connectivity index (χ4v) is 14.3. The lowest BCUT2D eigenvalue weighted by Crippen LogP contribution is -2.74. The number of rotatable bonds is 8. The summed E-state index contributed by atoms with van der Waals surface area (Å²) >= 11 is 0. The fourth-order valence-electron chi connectivity index (χ4n) is 9.55. The third kappa shape index (κ3) is 6.01. The molecule has 0 aliphatic heterocycles. The van der Waals surface area contributed by atoms with Gasteiger partial charge >= 0.3 is 0 Å². The lowest BCUT2D eigenvalue weighted by Gasteiger charge is -2.34. The van der Waals surface area contributed by atoms with E-state index in [-0.39, 0.29) is 0 Å². The Morgan fingerprint density at radius 2 is 0.921 bits per heavy atom. The molecule has 0 radical (unpaired) electrons. The molecule has 296 valence electrons. The highest BCUT2D eigenvalue weighted by Crippen LogP contribution is 2.38. The molecule has 4 heterocycles. The molecule has 6 nitrogen and oxygen atoms in total. The van der Waals surface area contributed by atoms with Crippen molar-refractivity contribution in [1.29, 1.82) is 0 Å². The first kappa shape index (κ1) is 36.6. The van der Waals surface area contributed by atoms with E-state index in [2.05, 4.69) is 204 Å². The zero-order valence-electron chi connectivity index (χ0n) is 34.0. The van der Waals surface area contributed by atoms with Crippen LogP contribution in [0, 0.1) is 0 Å². The second kappa shape index (κ2) is 15.0. The van der Waals surface area contributed by atoms with Gasteiger partial charge in [0.2, 0.25) is 5.95 Å². The van der Waals surface area contributed by atoms with E-state index in [4.69, 9.17) is 19.4 Å². The molecule has 0 unspecified atom stereocenters. The van der Waals surface area contributed by atoms with Gasteiger partial charge in [-0.3, -0.25) is 9.55 Å². The van der Waals surface area contributed by atoms with Crippen LogP contribution in [-0.4, -0.2) is 32.6 Å². The summed E-state index contributed by atoms with van der Waals surface area (Å²) in [7, 11) is -2.85. The molecule has 0 amide bonds. The molecule has 0 fully saturated rings. The molecule has 0 bridgehead atoms. The molecule has 0 saturated carbocycles. The van der Waals surface area contributed by atoms with Crippen LogP contribution in [0.5, 0.6) is 0 Å². The predicted octanol–water partition coefficient (Wildman–Crippen LogP) is 10.6. The van der Waals surface area contributed by atoms with E-state index in [9.17, 15) is 0 Å². The van der Waals surface area contributed by atoms with Crippen LogP contribution in [0.15, 0.2) is 229 Å². The van der Waals surface area contributed by atoms with Crippen LogP contribution in [0.1, 0.15) is 0 Å². The number of hydrogen-bond acceptors (Lipinski definition) is 5. The summed E-state index contributed by atoms with van der Waals surface area (Å²) in [6.07, 6.45) is 3.64. The Balaban J connectivity index is 1.10. The Morgan fingerprint density at radius 3 is 1.56 bits per heavy atom. The van der Waals surface area contributed by atoms with E-state index in [0.29, 0.717) is 17.6 Å². The maximum absolute atomic E-state index is 6.27. The second-order valence-electron chi connectivity index (χ2n) is 15.8. The van der Waals surface area contributed by atoms with E-state index >= 15 is 0 Å². The molecule has 8 aromatic carbocycles. The van der Waals surface area contributed by atoms with Crippen molar-refractivity contribution >= 4 is 72.6 Å². The van der Waals surface area contributed by atoms with Gasteiger partial charge in [0.15, 0.2) is 19.7 Å². The summed E-state index contributed by atoms with van der Waals surface area (Å²) in [6, 6.07) is 75.4.